The van der Waals surface area contributed by atoms with Crippen LogP contribution in [0.3, 0.4) is 0 Å². The molecule has 4 unspecified atom stereocenters. The first kappa shape index (κ1) is 101. The lowest BCUT2D eigenvalue weighted by Gasteiger charge is -2.46. The second-order valence-corrected chi connectivity index (χ2v) is 34.7. The van der Waals surface area contributed by atoms with Gasteiger partial charge in [0.15, 0.2) is 24.1 Å². The number of phenols is 3. The second kappa shape index (κ2) is 42.8. The number of nitrogens with two attached hydrogens (primary N) is 2. The van der Waals surface area contributed by atoms with E-state index in [-0.39, 0.29) is 66.3 Å². The SMILES string of the molecule is CCNNC(=O)C1NC(=O)[C@H]2NC(=O)C(NC(=O)[C@@H]3NC(=O)C(CC(N)=O)NC(=O)C(NC(=O)[C@@H](CC(C)C)NC)[C@H](O)c4ccc(c(Cl)c4)Oc4cc3cc(c4O[C@@H]3O[C@H](CO)[C@@H](O[C@@H]4O[C@H](CNCc5cccc(NC(=O)c6cccc(OC(F)(F)F)c6)c5)[C@H](O)[C@H](O)[C@H]4O)[C@H](O)[C@H]3O)Oc3ccc(cc3Cl)[C@H]2O[C@H]2C[C@](C)(N)[C@@H](O)[C@H](C)O2)c2ccc(O)c(c2)-c2c(O)cc(O)cc21. The molecule has 3 fully saturated rings. The summed E-state index contributed by atoms with van der Waals surface area (Å²) in [6.45, 7) is 6.61. The zero-order valence-corrected chi connectivity index (χ0v) is 74.7. The standard InChI is InChI=1S/C89H102Cl2F3N13O29/c1-7-99-107-85(127)65-47-28-44(109)29-53(111)62(47)46-23-38(14-17-52(46)110)63-81(123)106-67(84(126)104-65)74(133-61-31-88(5,96)77(119)36(4)128-61)40-16-19-55(49(91)25-40)130-57-27-42-26-56(129-54-18-15-39(24-48(54)90)68(113)66(105-79(121)50(97-6)20-35(2)3)83(125)101-51(30-60(95)112)80(122)102-64(42)82(124)103-63)75(57)134-87-73(118)71(116)76(59(34-108)132-87)135-86-72(117)70(115)69(114)58(131-86)33-98-32-37-10-8-12-43(21-37)100-78(120)41-11-9-13-45(22-41)136-89(92,93)94/h8-19,21-29,35-36,50-51,58-59,61,63-74,76-77,86-87,97-99,108-111,113-119H,7,20,30-34,96H2,1-6H3,(H2,95,112)(H,100,120)(H,101,125)(H,102,122)(H,103,124)(H,104,126)(H,105,121)(H,106,123)(H,107,127)/t36-,50+,51?,58+,59+,61-,63?,64+,65?,66?,67-,68+,69-,70-,71+,72+,73+,74+,76+,77-,86-,87-,88-/m0/s1. The number of amides is 9. The molecule has 8 heterocycles. The monoisotopic (exact) mass is 1940 g/mol. The number of primary amides is 1. The molecular weight excluding hydrogens is 1840 g/mol. The third-order valence-electron chi connectivity index (χ3n) is 23.3. The average Bonchev–Trinajstić information content (AvgIpc) is 0.729. The minimum Gasteiger partial charge on any atom is -0.508 e. The van der Waals surface area contributed by atoms with E-state index in [0.717, 1.165) is 78.9 Å². The molecule has 136 heavy (non-hydrogen) atoms. The number of carbonyl (C=O) groups is 9. The molecule has 0 spiro atoms. The van der Waals surface area contributed by atoms with Crippen LogP contribution in [0.15, 0.2) is 127 Å². The number of phenolic OH excluding ortho intramolecular Hbond substituents is 3. The Bertz CT molecular complexity index is 5640. The maximum atomic E-state index is 16.6. The molecule has 42 nitrogen and oxygen atoms in total. The van der Waals surface area contributed by atoms with Crippen molar-refractivity contribution in [3.8, 4) is 62.9 Å². The van der Waals surface area contributed by atoms with E-state index in [2.05, 4.69) is 63.4 Å². The van der Waals surface area contributed by atoms with Crippen LogP contribution in [0.1, 0.15) is 128 Å². The minimum atomic E-state index is -5.03. The van der Waals surface area contributed by atoms with Crippen LogP contribution in [-0.2, 0) is 68.6 Å². The third kappa shape index (κ3) is 23.3. The highest BCUT2D eigenvalue weighted by atomic mass is 35.5. The van der Waals surface area contributed by atoms with Crippen LogP contribution in [0, 0.1) is 5.92 Å². The number of hydrogen-bond donors (Lipinski definition) is 24. The maximum absolute atomic E-state index is 16.6. The third-order valence-corrected chi connectivity index (χ3v) is 23.9. The Morgan fingerprint density at radius 2 is 1.32 bits per heavy atom. The summed E-state index contributed by atoms with van der Waals surface area (Å²) >= 11 is 14.6. The molecule has 8 aliphatic rings. The number of rotatable bonds is 24. The Morgan fingerprint density at radius 1 is 0.669 bits per heavy atom. The zero-order valence-electron chi connectivity index (χ0n) is 73.2. The molecule has 3 saturated heterocycles. The van der Waals surface area contributed by atoms with Gasteiger partial charge in [0.1, 0.15) is 132 Å². The number of alkyl halides is 3. The first-order valence-electron chi connectivity index (χ1n) is 42.8. The second-order valence-electron chi connectivity index (χ2n) is 33.9. The summed E-state index contributed by atoms with van der Waals surface area (Å²) in [7, 11) is 1.45. The van der Waals surface area contributed by atoms with Gasteiger partial charge in [0.2, 0.25) is 53.4 Å². The number of likely N-dealkylation sites (N-methyl/N-ethyl adjacent to an activating group) is 1. The van der Waals surface area contributed by atoms with Crippen LogP contribution in [0.4, 0.5) is 18.9 Å². The number of halogens is 5. The molecule has 7 aromatic rings. The van der Waals surface area contributed by atoms with Gasteiger partial charge in [-0.2, -0.15) is 0 Å². The van der Waals surface area contributed by atoms with Gasteiger partial charge in [0, 0.05) is 60.0 Å². The molecule has 47 heteroatoms. The predicted octanol–water partition coefficient (Wildman–Crippen LogP) is 1.43. The van der Waals surface area contributed by atoms with E-state index in [0.29, 0.717) is 5.56 Å². The van der Waals surface area contributed by atoms with Crippen LogP contribution >= 0.6 is 23.2 Å². The van der Waals surface area contributed by atoms with E-state index >= 15 is 24.0 Å². The highest BCUT2D eigenvalue weighted by Crippen LogP contribution is 2.51. The molecule has 0 radical (unpaired) electrons. The smallest absolute Gasteiger partial charge is 0.508 e. The van der Waals surface area contributed by atoms with Crippen molar-refractivity contribution in [3.63, 3.8) is 0 Å². The molecule has 8 aliphatic heterocycles. The number of fused-ring (bicyclic) bond motifs is 15. The summed E-state index contributed by atoms with van der Waals surface area (Å²) in [5, 5.41) is 152. The van der Waals surface area contributed by atoms with Crippen molar-refractivity contribution in [2.24, 2.45) is 17.4 Å². The number of aliphatic hydroxyl groups excluding tert-OH is 8. The lowest BCUT2D eigenvalue weighted by atomic mass is 9.86. The molecule has 9 amide bonds. The number of aliphatic hydroxyl groups is 8. The van der Waals surface area contributed by atoms with Crippen LogP contribution in [-0.4, -0.2) is 252 Å². The molecule has 0 aliphatic carbocycles. The average molecular weight is 1950 g/mol. The molecule has 26 N–H and O–H groups in total. The van der Waals surface area contributed by atoms with Gasteiger partial charge in [-0.3, -0.25) is 48.6 Å². The maximum Gasteiger partial charge on any atom is 0.573 e. The van der Waals surface area contributed by atoms with Crippen molar-refractivity contribution >= 4 is 82.1 Å². The Kier molecular flexibility index (Phi) is 31.9. The Labute approximate surface area is 782 Å². The molecule has 732 valence electrons. The number of nitrogens with one attached hydrogen (secondary N) is 11. The summed E-state index contributed by atoms with van der Waals surface area (Å²) in [6.07, 6.45) is -35.2. The zero-order chi connectivity index (χ0) is 98.5. The van der Waals surface area contributed by atoms with Gasteiger partial charge in [-0.1, -0.05) is 80.4 Å². The summed E-state index contributed by atoms with van der Waals surface area (Å²) < 4.78 is 94.3. The largest absolute Gasteiger partial charge is 0.573 e. The summed E-state index contributed by atoms with van der Waals surface area (Å²) in [5.74, 6) is -17.3. The van der Waals surface area contributed by atoms with E-state index in [1.54, 1.807) is 26.8 Å². The summed E-state index contributed by atoms with van der Waals surface area (Å²) in [6, 6.07) is 9.89. The number of anilines is 1. The van der Waals surface area contributed by atoms with Crippen LogP contribution in [0.5, 0.6) is 51.7 Å². The molecule has 11 bridgehead atoms. The number of ether oxygens (including phenoxy) is 9. The Balaban J connectivity index is 0.936. The van der Waals surface area contributed by atoms with Gasteiger partial charge < -0.3 is 158 Å². The van der Waals surface area contributed by atoms with Crippen molar-refractivity contribution in [1.29, 1.82) is 0 Å². The Hall–Kier alpha value is -11.9. The first-order chi connectivity index (χ1) is 64.4. The van der Waals surface area contributed by atoms with Crippen LogP contribution in [0.2, 0.25) is 10.0 Å². The highest BCUT2D eigenvalue weighted by molar-refractivity contribution is 6.32. The molecular formula is C89H102Cl2F3N13O29. The van der Waals surface area contributed by atoms with E-state index in [4.69, 9.17) is 72.6 Å². The molecule has 0 saturated carbocycles. The van der Waals surface area contributed by atoms with Crippen molar-refractivity contribution in [2.45, 2.75) is 207 Å². The van der Waals surface area contributed by atoms with Crippen molar-refractivity contribution in [3.05, 3.63) is 176 Å². The number of benzene rings is 7. The van der Waals surface area contributed by atoms with Crippen LogP contribution in [0.25, 0.3) is 11.1 Å². The van der Waals surface area contributed by atoms with Crippen LogP contribution < -0.4 is 89.1 Å². The Morgan fingerprint density at radius 3 is 1.97 bits per heavy atom. The van der Waals surface area contributed by atoms with Gasteiger partial charge in [-0.25, -0.2) is 5.43 Å². The normalized spacial score (nSPS) is 28.3. The lowest BCUT2D eigenvalue weighted by Crippen LogP contribution is -2.65. The van der Waals surface area contributed by atoms with Gasteiger partial charge >= 0.3 is 6.36 Å². The minimum absolute atomic E-state index is 0.0533. The van der Waals surface area contributed by atoms with E-state index in [1.165, 1.54) is 63.4 Å². The molecule has 15 rings (SSSR count). The number of carbonyl (C=O) groups excluding carboxylic acids is 9. The van der Waals surface area contributed by atoms with Crippen molar-refractivity contribution in [1.82, 2.24) is 53.4 Å². The predicted molar refractivity (Wildman–Crippen MR) is 468 cm³/mol. The molecule has 7 aromatic carbocycles. The first-order valence-corrected chi connectivity index (χ1v) is 43.5. The van der Waals surface area contributed by atoms with Crippen molar-refractivity contribution < 1.29 is 155 Å². The highest BCUT2D eigenvalue weighted by Gasteiger charge is 2.54. The summed E-state index contributed by atoms with van der Waals surface area (Å²) in [5.41, 5.74) is 13.9. The fourth-order valence-corrected chi connectivity index (χ4v) is 16.9. The van der Waals surface area contributed by atoms with Crippen molar-refractivity contribution in [2.75, 3.05) is 32.1 Å². The van der Waals surface area contributed by atoms with E-state index in [1.807, 2.05) is 0 Å². The lowest BCUT2D eigenvalue weighted by molar-refractivity contribution is -0.350. The fraction of sp³-hybridized carbons (Fsp3) is 0.427. The quantitative estimate of drug-likeness (QED) is 0.0381. The van der Waals surface area contributed by atoms with E-state index in [9.17, 15) is 88.5 Å². The fourth-order valence-electron chi connectivity index (χ4n) is 16.4. The van der Waals surface area contributed by atoms with Gasteiger partial charge in [-0.15, -0.1) is 13.2 Å². The summed E-state index contributed by atoms with van der Waals surface area (Å²) in [4.78, 5) is 135. The number of aromatic hydroxyl groups is 3. The number of hydrogen-bond acceptors (Lipinski definition) is 33. The van der Waals surface area contributed by atoms with Gasteiger partial charge in [0.25, 0.3) is 11.8 Å². The number of hydrazine groups is 1. The molecule has 0 aromatic heterocycles. The molecule has 23 atom stereocenters. The van der Waals surface area contributed by atoms with Gasteiger partial charge in [0.05, 0.1) is 41.3 Å². The van der Waals surface area contributed by atoms with E-state index < -0.39 is 297 Å². The van der Waals surface area contributed by atoms with Gasteiger partial charge in [-0.05, 0) is 152 Å². The topological polar surface area (TPSA) is 644 Å².